The van der Waals surface area contributed by atoms with Crippen molar-refractivity contribution in [3.8, 4) is 11.5 Å². The van der Waals surface area contributed by atoms with E-state index < -0.39 is 0 Å². The van der Waals surface area contributed by atoms with Crippen molar-refractivity contribution in [1.82, 2.24) is 4.98 Å². The monoisotopic (exact) mass is 443 g/mol. The summed E-state index contributed by atoms with van der Waals surface area (Å²) in [5.41, 5.74) is 5.03. The van der Waals surface area contributed by atoms with Crippen LogP contribution in [0.1, 0.15) is 12.5 Å². The van der Waals surface area contributed by atoms with Crippen LogP contribution >= 0.6 is 11.3 Å². The van der Waals surface area contributed by atoms with Gasteiger partial charge < -0.3 is 4.42 Å². The summed E-state index contributed by atoms with van der Waals surface area (Å²) in [6.45, 7) is 6.41. The van der Waals surface area contributed by atoms with Crippen molar-refractivity contribution < 1.29 is 4.42 Å². The molecule has 0 atom stereocenters. The van der Waals surface area contributed by atoms with E-state index in [2.05, 4.69) is 68.1 Å². The third-order valence-electron chi connectivity index (χ3n) is 6.04. The Morgan fingerprint density at radius 2 is 1.67 bits per heavy atom. The van der Waals surface area contributed by atoms with Gasteiger partial charge in [0, 0.05) is 31.0 Å². The fraction of sp³-hybridized carbons (Fsp3) is 0.0333. The third kappa shape index (κ3) is 3.38. The second-order valence-corrected chi connectivity index (χ2v) is 9.22. The molecular weight excluding hydrogens is 422 g/mol. The number of oxazole rings is 1. The molecule has 0 aliphatic carbocycles. The van der Waals surface area contributed by atoms with Gasteiger partial charge in [-0.05, 0) is 47.5 Å². The largest absolute Gasteiger partial charge is 0.436 e. The number of aromatic nitrogens is 1. The number of benzene rings is 4. The highest BCUT2D eigenvalue weighted by molar-refractivity contribution is 7.26. The molecule has 0 saturated heterocycles. The van der Waals surface area contributed by atoms with E-state index in [1.165, 1.54) is 31.3 Å². The Labute approximate surface area is 195 Å². The molecule has 3 heteroatoms. The molecule has 4 aromatic carbocycles. The molecule has 0 spiro atoms. The standard InChI is InChI=1S/C30H21NOS/c1-19-16-18-26-28(31-30(32-26)21-9-4-3-5-10-21)22(19)17-15-20(2)23-12-8-13-25-24-11-6-7-14-27(24)33-29(23)25/h3-18H,1H2,2H3/b20-15+,22-17+. The molecule has 6 aromatic rings. The molecule has 2 heterocycles. The lowest BCUT2D eigenvalue weighted by Crippen LogP contribution is -2.23. The molecule has 0 bridgehead atoms. The van der Waals surface area contributed by atoms with Crippen LogP contribution in [0.4, 0.5) is 0 Å². The smallest absolute Gasteiger partial charge is 0.227 e. The molecule has 0 fully saturated rings. The molecule has 0 aliphatic rings. The number of fused-ring (bicyclic) bond motifs is 4. The van der Waals surface area contributed by atoms with Crippen molar-refractivity contribution in [3.63, 3.8) is 0 Å². The minimum absolute atomic E-state index is 0.626. The Balaban J connectivity index is 1.51. The summed E-state index contributed by atoms with van der Waals surface area (Å²) in [7, 11) is 0. The zero-order valence-corrected chi connectivity index (χ0v) is 19.0. The van der Waals surface area contributed by atoms with Crippen molar-refractivity contribution in [2.75, 3.05) is 0 Å². The van der Waals surface area contributed by atoms with Gasteiger partial charge >= 0.3 is 0 Å². The topological polar surface area (TPSA) is 26.0 Å². The Morgan fingerprint density at radius 1 is 0.879 bits per heavy atom. The molecule has 2 aromatic heterocycles. The molecule has 0 unspecified atom stereocenters. The third-order valence-corrected chi connectivity index (χ3v) is 7.26. The van der Waals surface area contributed by atoms with Crippen LogP contribution in [-0.2, 0) is 0 Å². The van der Waals surface area contributed by atoms with Crippen LogP contribution in [0.2, 0.25) is 0 Å². The maximum Gasteiger partial charge on any atom is 0.227 e. The summed E-state index contributed by atoms with van der Waals surface area (Å²) < 4.78 is 8.69. The van der Waals surface area contributed by atoms with E-state index in [0.29, 0.717) is 5.89 Å². The quantitative estimate of drug-likeness (QED) is 0.290. The maximum absolute atomic E-state index is 6.05. The van der Waals surface area contributed by atoms with Gasteiger partial charge in [0.1, 0.15) is 5.52 Å². The highest BCUT2D eigenvalue weighted by Crippen LogP contribution is 2.37. The van der Waals surface area contributed by atoms with Gasteiger partial charge in [-0.3, -0.25) is 0 Å². The number of hydrogen-bond acceptors (Lipinski definition) is 3. The number of nitrogens with zero attached hydrogens (tertiary/aromatic N) is 1. The zero-order chi connectivity index (χ0) is 22.4. The zero-order valence-electron chi connectivity index (χ0n) is 18.2. The molecule has 0 aliphatic heterocycles. The summed E-state index contributed by atoms with van der Waals surface area (Å²) in [6.07, 6.45) is 4.28. The fourth-order valence-electron chi connectivity index (χ4n) is 4.30. The summed E-state index contributed by atoms with van der Waals surface area (Å²) in [5, 5.41) is 4.54. The summed E-state index contributed by atoms with van der Waals surface area (Å²) in [5.74, 6) is 0.626. The number of rotatable bonds is 3. The fourth-order valence-corrected chi connectivity index (χ4v) is 5.58. The Kier molecular flexibility index (Phi) is 4.70. The number of allylic oxidation sites excluding steroid dienone is 2. The Hall–Kier alpha value is -3.95. The first-order chi connectivity index (χ1) is 16.2. The molecule has 6 rings (SSSR count). The van der Waals surface area contributed by atoms with E-state index in [1.807, 2.05) is 53.8 Å². The Morgan fingerprint density at radius 3 is 2.55 bits per heavy atom. The van der Waals surface area contributed by atoms with Gasteiger partial charge in [-0.15, -0.1) is 11.3 Å². The van der Waals surface area contributed by atoms with Crippen molar-refractivity contribution in [2.24, 2.45) is 0 Å². The van der Waals surface area contributed by atoms with Gasteiger partial charge in [-0.2, -0.15) is 0 Å². The van der Waals surface area contributed by atoms with Gasteiger partial charge in [-0.1, -0.05) is 79.4 Å². The summed E-state index contributed by atoms with van der Waals surface area (Å²) in [4.78, 5) is 4.81. The van der Waals surface area contributed by atoms with Crippen molar-refractivity contribution >= 4 is 60.8 Å². The lowest BCUT2D eigenvalue weighted by Gasteiger charge is -2.02. The predicted molar refractivity (Wildman–Crippen MR) is 142 cm³/mol. The van der Waals surface area contributed by atoms with Crippen molar-refractivity contribution in [2.45, 2.75) is 6.92 Å². The van der Waals surface area contributed by atoms with Crippen LogP contribution in [0.15, 0.2) is 95.4 Å². The van der Waals surface area contributed by atoms with Crippen LogP contribution in [0.5, 0.6) is 0 Å². The Bertz CT molecular complexity index is 1790. The van der Waals surface area contributed by atoms with Gasteiger partial charge in [0.05, 0.1) is 0 Å². The molecule has 2 nitrogen and oxygen atoms in total. The van der Waals surface area contributed by atoms with Crippen molar-refractivity contribution in [3.05, 3.63) is 107 Å². The van der Waals surface area contributed by atoms with E-state index in [1.54, 1.807) is 0 Å². The first kappa shape index (κ1) is 19.7. The molecule has 0 saturated carbocycles. The van der Waals surface area contributed by atoms with Crippen LogP contribution in [0, 0.1) is 0 Å². The molecule has 0 amide bonds. The lowest BCUT2D eigenvalue weighted by molar-refractivity contribution is 0.620. The van der Waals surface area contributed by atoms with Crippen molar-refractivity contribution in [1.29, 1.82) is 0 Å². The highest BCUT2D eigenvalue weighted by Gasteiger charge is 2.10. The summed E-state index contributed by atoms with van der Waals surface area (Å²) >= 11 is 1.85. The molecule has 0 N–H and O–H groups in total. The van der Waals surface area contributed by atoms with Gasteiger partial charge in [0.25, 0.3) is 0 Å². The average Bonchev–Trinajstić information content (AvgIpc) is 3.45. The first-order valence-corrected chi connectivity index (χ1v) is 11.7. The lowest BCUT2D eigenvalue weighted by atomic mass is 10.0. The van der Waals surface area contributed by atoms with Crippen LogP contribution in [-0.4, -0.2) is 4.98 Å². The molecule has 0 radical (unpaired) electrons. The van der Waals surface area contributed by atoms with Gasteiger partial charge in [-0.25, -0.2) is 4.98 Å². The van der Waals surface area contributed by atoms with Gasteiger partial charge in [0.2, 0.25) is 5.89 Å². The number of thiophene rings is 1. The minimum Gasteiger partial charge on any atom is -0.436 e. The van der Waals surface area contributed by atoms with E-state index >= 15 is 0 Å². The predicted octanol–water partition coefficient (Wildman–Crippen LogP) is 7.16. The normalized spacial score (nSPS) is 12.9. The second-order valence-electron chi connectivity index (χ2n) is 8.17. The van der Waals surface area contributed by atoms with Gasteiger partial charge in [0.15, 0.2) is 5.58 Å². The van der Waals surface area contributed by atoms with E-state index in [0.717, 1.165) is 27.1 Å². The number of hydrogen-bond donors (Lipinski definition) is 0. The minimum atomic E-state index is 0.626. The average molecular weight is 444 g/mol. The molecular formula is C30H21NOS. The molecule has 33 heavy (non-hydrogen) atoms. The molecule has 158 valence electrons. The van der Waals surface area contributed by atoms with Crippen LogP contribution < -0.4 is 10.4 Å². The van der Waals surface area contributed by atoms with E-state index in [4.69, 9.17) is 9.40 Å². The van der Waals surface area contributed by atoms with Crippen LogP contribution in [0.25, 0.3) is 61.0 Å². The van der Waals surface area contributed by atoms with E-state index in [-0.39, 0.29) is 0 Å². The van der Waals surface area contributed by atoms with Crippen LogP contribution in [0.3, 0.4) is 0 Å². The summed E-state index contributed by atoms with van der Waals surface area (Å²) in [6, 6.07) is 29.1. The highest BCUT2D eigenvalue weighted by atomic mass is 32.1. The maximum atomic E-state index is 6.05. The SMILES string of the molecule is C=c1ccc2oc(-c3ccccc3)nc2/c1=C/C=C(\C)c1cccc2c1sc1ccccc12. The second kappa shape index (κ2) is 7.88. The first-order valence-electron chi connectivity index (χ1n) is 10.9. The van der Waals surface area contributed by atoms with E-state index in [9.17, 15) is 0 Å².